The van der Waals surface area contributed by atoms with Crippen molar-refractivity contribution >= 4 is 46.7 Å². The first kappa shape index (κ1) is 10.8. The molecule has 0 saturated heterocycles. The Labute approximate surface area is 112 Å². The minimum atomic E-state index is 0.775. The van der Waals surface area contributed by atoms with Gasteiger partial charge in [0, 0.05) is 29.6 Å². The van der Waals surface area contributed by atoms with E-state index in [2.05, 4.69) is 12.1 Å². The van der Waals surface area contributed by atoms with Crippen LogP contribution in [0.15, 0.2) is 56.0 Å². The molecule has 16 heavy (non-hydrogen) atoms. The number of rotatable bonds is 0. The van der Waals surface area contributed by atoms with Crippen LogP contribution in [0.1, 0.15) is 0 Å². The van der Waals surface area contributed by atoms with E-state index in [-0.39, 0.29) is 0 Å². The number of hydrogen-bond acceptors (Lipinski definition) is 2. The predicted molar refractivity (Wildman–Crippen MR) is 71.2 cm³/mol. The molecule has 0 spiro atoms. The fourth-order valence-corrected chi connectivity index (χ4v) is 4.28. The Morgan fingerprint density at radius 1 is 0.625 bits per heavy atom. The van der Waals surface area contributed by atoms with E-state index < -0.39 is 0 Å². The number of halogens is 2. The summed E-state index contributed by atoms with van der Waals surface area (Å²) in [5.41, 5.74) is 0. The third kappa shape index (κ3) is 1.95. The third-order valence-corrected chi connectivity index (χ3v) is 5.25. The van der Waals surface area contributed by atoms with Gasteiger partial charge in [-0.25, -0.2) is 0 Å². The summed E-state index contributed by atoms with van der Waals surface area (Å²) in [5.74, 6) is 0. The fraction of sp³-hybridized carbons (Fsp3) is 0. The molecule has 0 nitrogen and oxygen atoms in total. The molecule has 0 radical (unpaired) electrons. The molecule has 0 aromatic heterocycles. The van der Waals surface area contributed by atoms with Crippen molar-refractivity contribution < 1.29 is 0 Å². The maximum absolute atomic E-state index is 5.99. The molecule has 2 aromatic rings. The first-order valence-corrected chi connectivity index (χ1v) is 7.06. The van der Waals surface area contributed by atoms with Crippen LogP contribution < -0.4 is 0 Å². The molecular weight excluding hydrogens is 279 g/mol. The minimum Gasteiger partial charge on any atom is -0.0877 e. The maximum Gasteiger partial charge on any atom is 0.0418 e. The number of fused-ring (bicyclic) bond motifs is 2. The Bertz CT molecular complexity index is 517. The third-order valence-electron chi connectivity index (χ3n) is 2.25. The van der Waals surface area contributed by atoms with Gasteiger partial charge in [-0.15, -0.1) is 0 Å². The van der Waals surface area contributed by atoms with Crippen LogP contribution in [-0.2, 0) is 0 Å². The summed E-state index contributed by atoms with van der Waals surface area (Å²) < 4.78 is 0. The van der Waals surface area contributed by atoms with E-state index in [4.69, 9.17) is 23.2 Å². The molecule has 3 rings (SSSR count). The first-order valence-electron chi connectivity index (χ1n) is 4.67. The summed E-state index contributed by atoms with van der Waals surface area (Å²) in [4.78, 5) is 4.91. The van der Waals surface area contributed by atoms with Crippen molar-refractivity contribution in [2.45, 2.75) is 19.6 Å². The molecule has 1 aliphatic rings. The molecule has 4 heteroatoms. The highest BCUT2D eigenvalue weighted by Gasteiger charge is 2.17. The molecule has 0 atom stereocenters. The van der Waals surface area contributed by atoms with E-state index in [9.17, 15) is 0 Å². The van der Waals surface area contributed by atoms with Gasteiger partial charge >= 0.3 is 0 Å². The monoisotopic (exact) mass is 284 g/mol. The van der Waals surface area contributed by atoms with E-state index in [0.717, 1.165) is 10.0 Å². The van der Waals surface area contributed by atoms with E-state index in [0.29, 0.717) is 0 Å². The molecule has 0 unspecified atom stereocenters. The van der Waals surface area contributed by atoms with Crippen LogP contribution in [0.5, 0.6) is 0 Å². The second-order valence-corrected chi connectivity index (χ2v) is 6.43. The Morgan fingerprint density at radius 3 is 1.56 bits per heavy atom. The van der Waals surface area contributed by atoms with Crippen molar-refractivity contribution in [3.8, 4) is 0 Å². The molecule has 0 saturated carbocycles. The average molecular weight is 285 g/mol. The number of benzene rings is 2. The van der Waals surface area contributed by atoms with Crippen LogP contribution in [0.2, 0.25) is 10.0 Å². The molecular formula is C12H6Cl2S2. The van der Waals surface area contributed by atoms with Crippen LogP contribution in [-0.4, -0.2) is 0 Å². The molecule has 1 heterocycles. The Morgan fingerprint density at radius 2 is 1.06 bits per heavy atom. The van der Waals surface area contributed by atoms with Crippen LogP contribution in [0, 0.1) is 0 Å². The molecule has 80 valence electrons. The molecule has 0 N–H and O–H groups in total. The van der Waals surface area contributed by atoms with Gasteiger partial charge in [0.25, 0.3) is 0 Å². The van der Waals surface area contributed by atoms with Gasteiger partial charge in [0.2, 0.25) is 0 Å². The zero-order chi connectivity index (χ0) is 11.1. The van der Waals surface area contributed by atoms with Crippen LogP contribution in [0.25, 0.3) is 0 Å². The molecule has 0 amide bonds. The van der Waals surface area contributed by atoms with Crippen molar-refractivity contribution in [3.63, 3.8) is 0 Å². The SMILES string of the molecule is Clc1ccc2c(c1)Sc1cc(Cl)ccc1S2. The average Bonchev–Trinajstić information content (AvgIpc) is 2.26. The van der Waals surface area contributed by atoms with E-state index in [1.54, 1.807) is 23.5 Å². The summed E-state index contributed by atoms with van der Waals surface area (Å²) in [7, 11) is 0. The predicted octanol–water partition coefficient (Wildman–Crippen LogP) is 5.61. The summed E-state index contributed by atoms with van der Waals surface area (Å²) in [6, 6.07) is 12.0. The highest BCUT2D eigenvalue weighted by Crippen LogP contribution is 2.49. The van der Waals surface area contributed by atoms with Crippen LogP contribution >= 0.6 is 46.7 Å². The lowest BCUT2D eigenvalue weighted by molar-refractivity contribution is 1.16. The summed E-state index contributed by atoms with van der Waals surface area (Å²) in [5, 5.41) is 1.55. The van der Waals surface area contributed by atoms with Gasteiger partial charge in [0.1, 0.15) is 0 Å². The summed E-state index contributed by atoms with van der Waals surface area (Å²) in [6.45, 7) is 0. The van der Waals surface area contributed by atoms with E-state index in [1.807, 2.05) is 24.3 Å². The van der Waals surface area contributed by atoms with Gasteiger partial charge < -0.3 is 0 Å². The second kappa shape index (κ2) is 4.19. The van der Waals surface area contributed by atoms with Crippen molar-refractivity contribution in [2.24, 2.45) is 0 Å². The zero-order valence-electron chi connectivity index (χ0n) is 8.04. The van der Waals surface area contributed by atoms with Crippen molar-refractivity contribution in [2.75, 3.05) is 0 Å². The molecule has 1 aliphatic heterocycles. The molecule has 2 aromatic carbocycles. The van der Waals surface area contributed by atoms with E-state index in [1.165, 1.54) is 19.6 Å². The lowest BCUT2D eigenvalue weighted by atomic mass is 10.3. The highest BCUT2D eigenvalue weighted by molar-refractivity contribution is 8.05. The zero-order valence-corrected chi connectivity index (χ0v) is 11.2. The van der Waals surface area contributed by atoms with Gasteiger partial charge in [-0.3, -0.25) is 0 Å². The standard InChI is InChI=1S/C12H6Cl2S2/c13-7-1-3-9-11(5-7)16-12-6-8(14)2-4-10(12)15-9/h1-6H. The second-order valence-electron chi connectivity index (χ2n) is 3.39. The lowest BCUT2D eigenvalue weighted by Gasteiger charge is -2.18. The van der Waals surface area contributed by atoms with E-state index >= 15 is 0 Å². The van der Waals surface area contributed by atoms with Crippen LogP contribution in [0.4, 0.5) is 0 Å². The molecule has 0 aliphatic carbocycles. The lowest BCUT2D eigenvalue weighted by Crippen LogP contribution is -1.88. The normalized spacial score (nSPS) is 13.1. The molecule has 0 fully saturated rings. The quantitative estimate of drug-likeness (QED) is 0.526. The van der Waals surface area contributed by atoms with Crippen LogP contribution in [0.3, 0.4) is 0 Å². The smallest absolute Gasteiger partial charge is 0.0418 e. The number of hydrogen-bond donors (Lipinski definition) is 0. The first-order chi connectivity index (χ1) is 7.72. The maximum atomic E-state index is 5.99. The largest absolute Gasteiger partial charge is 0.0877 e. The topological polar surface area (TPSA) is 0 Å². The minimum absolute atomic E-state index is 0.775. The van der Waals surface area contributed by atoms with Gasteiger partial charge in [0.05, 0.1) is 0 Å². The Kier molecular flexibility index (Phi) is 2.84. The highest BCUT2D eigenvalue weighted by atomic mass is 35.5. The van der Waals surface area contributed by atoms with Gasteiger partial charge in [-0.05, 0) is 36.4 Å². The summed E-state index contributed by atoms with van der Waals surface area (Å²) in [6.07, 6.45) is 0. The van der Waals surface area contributed by atoms with Gasteiger partial charge in [-0.1, -0.05) is 46.7 Å². The Hall–Kier alpha value is -0.280. The van der Waals surface area contributed by atoms with Crippen molar-refractivity contribution in [3.05, 3.63) is 46.4 Å². The summed E-state index contributed by atoms with van der Waals surface area (Å²) >= 11 is 15.5. The Balaban J connectivity index is 2.10. The van der Waals surface area contributed by atoms with Gasteiger partial charge in [-0.2, -0.15) is 0 Å². The van der Waals surface area contributed by atoms with Gasteiger partial charge in [0.15, 0.2) is 0 Å². The fourth-order valence-electron chi connectivity index (χ4n) is 1.53. The van der Waals surface area contributed by atoms with Crippen molar-refractivity contribution in [1.82, 2.24) is 0 Å². The van der Waals surface area contributed by atoms with Crippen molar-refractivity contribution in [1.29, 1.82) is 0 Å². The molecule has 0 bridgehead atoms.